The summed E-state index contributed by atoms with van der Waals surface area (Å²) in [5.74, 6) is 0. The number of pyridine rings is 1. The normalized spacial score (nSPS) is 26.9. The van der Waals surface area contributed by atoms with Crippen LogP contribution in [0.15, 0.2) is 30.2 Å². The molecule has 0 saturated carbocycles. The van der Waals surface area contributed by atoms with Crippen LogP contribution in [0, 0.1) is 6.92 Å². The minimum Gasteiger partial charge on any atom is -0.392 e. The van der Waals surface area contributed by atoms with Gasteiger partial charge in [-0.15, -0.1) is 0 Å². The third kappa shape index (κ3) is 1.76. The van der Waals surface area contributed by atoms with Gasteiger partial charge >= 0.3 is 0 Å². The Morgan fingerprint density at radius 2 is 2.11 bits per heavy atom. The van der Waals surface area contributed by atoms with Crippen molar-refractivity contribution in [2.75, 3.05) is 6.61 Å². The number of hydrogen-bond acceptors (Lipinski definition) is 5. The average molecular weight is 261 g/mol. The van der Waals surface area contributed by atoms with E-state index in [1.807, 2.05) is 13.0 Å². The predicted molar refractivity (Wildman–Crippen MR) is 68.5 cm³/mol. The van der Waals surface area contributed by atoms with E-state index in [0.717, 1.165) is 16.7 Å². The molecule has 0 amide bonds. The second-order valence-corrected chi connectivity index (χ2v) is 4.74. The highest BCUT2D eigenvalue weighted by Crippen LogP contribution is 2.31. The molecule has 1 aliphatic carbocycles. The Balaban J connectivity index is 2.11. The zero-order chi connectivity index (χ0) is 13.6. The molecule has 3 N–H and O–H groups in total. The van der Waals surface area contributed by atoms with Gasteiger partial charge in [-0.2, -0.15) is 0 Å². The first-order valence-corrected chi connectivity index (χ1v) is 6.09. The van der Waals surface area contributed by atoms with Crippen LogP contribution >= 0.6 is 0 Å². The van der Waals surface area contributed by atoms with Crippen molar-refractivity contribution in [3.05, 3.63) is 35.9 Å². The number of hydrogen-bond donors (Lipinski definition) is 3. The van der Waals surface area contributed by atoms with Gasteiger partial charge < -0.3 is 19.9 Å². The SMILES string of the molecule is Cc1nccc2c1ncn2C1C=C(CO)C(O)C1O. The zero-order valence-corrected chi connectivity index (χ0v) is 10.4. The molecule has 0 radical (unpaired) electrons. The van der Waals surface area contributed by atoms with E-state index in [1.54, 1.807) is 23.2 Å². The van der Waals surface area contributed by atoms with E-state index in [1.165, 1.54) is 0 Å². The Labute approximate surface area is 109 Å². The molecule has 2 aromatic rings. The molecule has 2 aromatic heterocycles. The molecule has 0 fully saturated rings. The highest BCUT2D eigenvalue weighted by atomic mass is 16.3. The summed E-state index contributed by atoms with van der Waals surface area (Å²) in [5, 5.41) is 29.1. The summed E-state index contributed by atoms with van der Waals surface area (Å²) in [4.78, 5) is 8.46. The summed E-state index contributed by atoms with van der Waals surface area (Å²) in [6.07, 6.45) is 2.98. The maximum absolute atomic E-state index is 10.1. The van der Waals surface area contributed by atoms with Gasteiger partial charge in [-0.05, 0) is 18.6 Å². The second-order valence-electron chi connectivity index (χ2n) is 4.74. The summed E-state index contributed by atoms with van der Waals surface area (Å²) in [7, 11) is 0. The van der Waals surface area contributed by atoms with Crippen molar-refractivity contribution in [2.24, 2.45) is 0 Å². The Bertz CT molecular complexity index is 650. The van der Waals surface area contributed by atoms with Gasteiger partial charge in [0.15, 0.2) is 0 Å². The molecule has 0 spiro atoms. The number of fused-ring (bicyclic) bond motifs is 1. The van der Waals surface area contributed by atoms with Crippen LogP contribution < -0.4 is 0 Å². The Kier molecular flexibility index (Phi) is 2.85. The van der Waals surface area contributed by atoms with Crippen molar-refractivity contribution >= 4 is 11.0 Å². The van der Waals surface area contributed by atoms with Crippen molar-refractivity contribution in [1.29, 1.82) is 0 Å². The highest BCUT2D eigenvalue weighted by Gasteiger charge is 2.35. The number of aromatic nitrogens is 3. The van der Waals surface area contributed by atoms with E-state index in [-0.39, 0.29) is 6.61 Å². The molecular weight excluding hydrogens is 246 g/mol. The number of aliphatic hydroxyl groups excluding tert-OH is 3. The molecule has 19 heavy (non-hydrogen) atoms. The fourth-order valence-electron chi connectivity index (χ4n) is 2.55. The Morgan fingerprint density at radius 1 is 1.32 bits per heavy atom. The number of rotatable bonds is 2. The molecule has 6 heteroatoms. The molecule has 6 nitrogen and oxygen atoms in total. The lowest BCUT2D eigenvalue weighted by molar-refractivity contribution is 0.0288. The van der Waals surface area contributed by atoms with E-state index in [0.29, 0.717) is 5.57 Å². The molecule has 0 aromatic carbocycles. The van der Waals surface area contributed by atoms with Crippen molar-refractivity contribution < 1.29 is 15.3 Å². The standard InChI is InChI=1S/C13H15N3O3/c1-7-11-9(2-3-14-7)16(6-15-11)10-4-8(5-17)12(18)13(10)19/h2-4,6,10,12-13,17-19H,5H2,1H3. The van der Waals surface area contributed by atoms with E-state index in [9.17, 15) is 10.2 Å². The van der Waals surface area contributed by atoms with Crippen LogP contribution in [0.1, 0.15) is 11.7 Å². The van der Waals surface area contributed by atoms with Gasteiger partial charge in [0, 0.05) is 6.20 Å². The lowest BCUT2D eigenvalue weighted by Crippen LogP contribution is -2.29. The van der Waals surface area contributed by atoms with Crippen LogP contribution in [-0.2, 0) is 0 Å². The average Bonchev–Trinajstić information content (AvgIpc) is 2.94. The zero-order valence-electron chi connectivity index (χ0n) is 10.4. The number of nitrogens with zero attached hydrogens (tertiary/aromatic N) is 3. The lowest BCUT2D eigenvalue weighted by Gasteiger charge is -2.19. The molecule has 0 saturated heterocycles. The molecule has 0 aliphatic heterocycles. The van der Waals surface area contributed by atoms with E-state index in [2.05, 4.69) is 9.97 Å². The van der Waals surface area contributed by atoms with Crippen LogP contribution in [-0.4, -0.2) is 48.7 Å². The van der Waals surface area contributed by atoms with Gasteiger partial charge in [-0.25, -0.2) is 4.98 Å². The number of imidazole rings is 1. The number of aliphatic hydroxyl groups is 3. The van der Waals surface area contributed by atoms with Crippen molar-refractivity contribution in [3.8, 4) is 0 Å². The van der Waals surface area contributed by atoms with Crippen LogP contribution in [0.5, 0.6) is 0 Å². The second kappa shape index (κ2) is 4.41. The molecule has 2 heterocycles. The van der Waals surface area contributed by atoms with E-state index >= 15 is 0 Å². The van der Waals surface area contributed by atoms with Gasteiger partial charge in [0.25, 0.3) is 0 Å². The summed E-state index contributed by atoms with van der Waals surface area (Å²) in [6.45, 7) is 1.61. The van der Waals surface area contributed by atoms with Crippen LogP contribution in [0.3, 0.4) is 0 Å². The van der Waals surface area contributed by atoms with Crippen LogP contribution in [0.4, 0.5) is 0 Å². The molecule has 1 aliphatic rings. The van der Waals surface area contributed by atoms with Gasteiger partial charge in [0.05, 0.1) is 30.2 Å². The first-order chi connectivity index (χ1) is 9.13. The minimum absolute atomic E-state index is 0.262. The topological polar surface area (TPSA) is 91.4 Å². The lowest BCUT2D eigenvalue weighted by atomic mass is 10.1. The molecular formula is C13H15N3O3. The highest BCUT2D eigenvalue weighted by molar-refractivity contribution is 5.77. The minimum atomic E-state index is -1.03. The van der Waals surface area contributed by atoms with Gasteiger partial charge in [0.2, 0.25) is 0 Å². The van der Waals surface area contributed by atoms with Gasteiger partial charge in [0.1, 0.15) is 17.7 Å². The monoisotopic (exact) mass is 261 g/mol. The predicted octanol–water partition coefficient (Wildman–Crippen LogP) is -0.0651. The summed E-state index contributed by atoms with van der Waals surface area (Å²) >= 11 is 0. The fourth-order valence-corrected chi connectivity index (χ4v) is 2.55. The number of aryl methyl sites for hydroxylation is 1. The first-order valence-electron chi connectivity index (χ1n) is 6.09. The largest absolute Gasteiger partial charge is 0.392 e. The van der Waals surface area contributed by atoms with Crippen molar-refractivity contribution in [1.82, 2.24) is 14.5 Å². The molecule has 3 rings (SSSR count). The third-order valence-corrected chi connectivity index (χ3v) is 3.62. The summed E-state index contributed by atoms with van der Waals surface area (Å²) < 4.78 is 1.79. The quantitative estimate of drug-likeness (QED) is 0.658. The molecule has 0 bridgehead atoms. The van der Waals surface area contributed by atoms with Crippen LogP contribution in [0.2, 0.25) is 0 Å². The molecule has 100 valence electrons. The van der Waals surface area contributed by atoms with E-state index in [4.69, 9.17) is 5.11 Å². The van der Waals surface area contributed by atoms with Gasteiger partial charge in [-0.1, -0.05) is 6.08 Å². The smallest absolute Gasteiger partial charge is 0.110 e. The summed E-state index contributed by atoms with van der Waals surface area (Å²) in [5.41, 5.74) is 2.87. The van der Waals surface area contributed by atoms with Gasteiger partial charge in [-0.3, -0.25) is 4.98 Å². The Morgan fingerprint density at radius 3 is 2.79 bits per heavy atom. The first kappa shape index (κ1) is 12.3. The maximum atomic E-state index is 10.1. The van der Waals surface area contributed by atoms with Crippen LogP contribution in [0.25, 0.3) is 11.0 Å². The maximum Gasteiger partial charge on any atom is 0.110 e. The third-order valence-electron chi connectivity index (χ3n) is 3.62. The fraction of sp³-hybridized carbons (Fsp3) is 0.385. The van der Waals surface area contributed by atoms with Crippen molar-refractivity contribution in [3.63, 3.8) is 0 Å². The van der Waals surface area contributed by atoms with E-state index < -0.39 is 18.2 Å². The van der Waals surface area contributed by atoms with Crippen molar-refractivity contribution in [2.45, 2.75) is 25.2 Å². The molecule has 3 atom stereocenters. The Hall–Kier alpha value is -1.76. The molecule has 3 unspecified atom stereocenters. The summed E-state index contributed by atoms with van der Waals surface area (Å²) in [6, 6.07) is 1.39.